The molecule has 0 aromatic rings. The topological polar surface area (TPSA) is 78.4 Å². The molecule has 0 rings (SSSR count). The van der Waals surface area contributed by atoms with Crippen LogP contribution in [0.25, 0.3) is 0 Å². The lowest BCUT2D eigenvalue weighted by Crippen LogP contribution is -2.45. The van der Waals surface area contributed by atoms with E-state index in [1.165, 1.54) is 0 Å². The van der Waals surface area contributed by atoms with E-state index in [2.05, 4.69) is 16.6 Å². The largest absolute Gasteiger partial charge is 0.481 e. The average molecular weight is 212 g/mol. The van der Waals surface area contributed by atoms with Gasteiger partial charge < -0.3 is 15.7 Å². The van der Waals surface area contributed by atoms with Crippen LogP contribution in [0, 0.1) is 18.3 Å². The Morgan fingerprint density at radius 2 is 2.07 bits per heavy atom. The molecule has 0 aliphatic carbocycles. The first-order valence-corrected chi connectivity index (χ1v) is 4.67. The second kappa shape index (κ2) is 6.71. The van der Waals surface area contributed by atoms with Gasteiger partial charge in [-0.05, 0) is 5.92 Å². The highest BCUT2D eigenvalue weighted by Gasteiger charge is 2.18. The number of rotatable bonds is 5. The van der Waals surface area contributed by atoms with E-state index >= 15 is 0 Å². The van der Waals surface area contributed by atoms with Crippen LogP contribution < -0.4 is 10.6 Å². The van der Waals surface area contributed by atoms with E-state index in [1.807, 2.05) is 13.8 Å². The van der Waals surface area contributed by atoms with Crippen molar-refractivity contribution in [2.45, 2.75) is 26.3 Å². The second-order valence-corrected chi connectivity index (χ2v) is 3.48. The molecule has 0 aromatic carbocycles. The number of terminal acetylenes is 1. The van der Waals surface area contributed by atoms with E-state index in [0.717, 1.165) is 0 Å². The van der Waals surface area contributed by atoms with Gasteiger partial charge in [-0.15, -0.1) is 6.42 Å². The maximum atomic E-state index is 11.2. The van der Waals surface area contributed by atoms with Crippen LogP contribution in [0.4, 0.5) is 4.79 Å². The first-order chi connectivity index (χ1) is 6.97. The third kappa shape index (κ3) is 6.38. The number of aliphatic carboxylic acids is 1. The highest BCUT2D eigenvalue weighted by atomic mass is 16.4. The van der Waals surface area contributed by atoms with Crippen LogP contribution in [0.5, 0.6) is 0 Å². The summed E-state index contributed by atoms with van der Waals surface area (Å²) in [7, 11) is 0. The molecule has 0 saturated heterocycles. The minimum Gasteiger partial charge on any atom is -0.481 e. The van der Waals surface area contributed by atoms with E-state index in [0.29, 0.717) is 0 Å². The SMILES string of the molecule is C#CCNC(=O)NC(CC(=O)O)C(C)C. The van der Waals surface area contributed by atoms with Gasteiger partial charge in [-0.3, -0.25) is 4.79 Å². The normalized spacial score (nSPS) is 11.6. The Kier molecular flexibility index (Phi) is 5.95. The van der Waals surface area contributed by atoms with Gasteiger partial charge in [0.2, 0.25) is 0 Å². The lowest BCUT2D eigenvalue weighted by atomic mass is 10.0. The predicted octanol–water partition coefficient (Wildman–Crippen LogP) is 0.418. The molecule has 0 bridgehead atoms. The van der Waals surface area contributed by atoms with E-state index in [1.54, 1.807) is 0 Å². The summed E-state index contributed by atoms with van der Waals surface area (Å²) in [6.07, 6.45) is 4.87. The van der Waals surface area contributed by atoms with Crippen molar-refractivity contribution in [1.82, 2.24) is 10.6 Å². The van der Waals surface area contributed by atoms with Crippen LogP contribution in [0.1, 0.15) is 20.3 Å². The minimum absolute atomic E-state index is 0.0534. The average Bonchev–Trinajstić information content (AvgIpc) is 2.12. The molecule has 15 heavy (non-hydrogen) atoms. The van der Waals surface area contributed by atoms with E-state index in [-0.39, 0.29) is 24.9 Å². The van der Waals surface area contributed by atoms with Crippen LogP contribution in [-0.4, -0.2) is 29.7 Å². The number of carbonyl (C=O) groups is 2. The molecule has 5 nitrogen and oxygen atoms in total. The van der Waals surface area contributed by atoms with Crippen LogP contribution in [0.2, 0.25) is 0 Å². The highest BCUT2D eigenvalue weighted by molar-refractivity contribution is 5.75. The van der Waals surface area contributed by atoms with Crippen molar-refractivity contribution in [2.24, 2.45) is 5.92 Å². The minimum atomic E-state index is -0.939. The monoisotopic (exact) mass is 212 g/mol. The Morgan fingerprint density at radius 3 is 2.47 bits per heavy atom. The number of carboxylic acids is 1. The number of nitrogens with one attached hydrogen (secondary N) is 2. The Labute approximate surface area is 89.2 Å². The number of hydrogen-bond donors (Lipinski definition) is 3. The molecule has 0 aliphatic heterocycles. The second-order valence-electron chi connectivity index (χ2n) is 3.48. The number of carbonyl (C=O) groups excluding carboxylic acids is 1. The molecule has 5 heteroatoms. The fourth-order valence-corrected chi connectivity index (χ4v) is 0.992. The van der Waals surface area contributed by atoms with Crippen molar-refractivity contribution in [2.75, 3.05) is 6.54 Å². The number of hydrogen-bond acceptors (Lipinski definition) is 2. The number of urea groups is 1. The quantitative estimate of drug-likeness (QED) is 0.578. The molecule has 0 saturated carbocycles. The van der Waals surface area contributed by atoms with Crippen molar-refractivity contribution in [3.63, 3.8) is 0 Å². The zero-order valence-electron chi connectivity index (χ0n) is 8.91. The smallest absolute Gasteiger partial charge is 0.315 e. The van der Waals surface area contributed by atoms with Crippen LogP contribution in [0.15, 0.2) is 0 Å². The molecule has 0 fully saturated rings. The summed E-state index contributed by atoms with van der Waals surface area (Å²) in [5.74, 6) is 1.37. The summed E-state index contributed by atoms with van der Waals surface area (Å²) >= 11 is 0. The van der Waals surface area contributed by atoms with Gasteiger partial charge in [0, 0.05) is 6.04 Å². The number of amides is 2. The Balaban J connectivity index is 4.11. The van der Waals surface area contributed by atoms with E-state index in [4.69, 9.17) is 11.5 Å². The Hall–Kier alpha value is -1.70. The molecule has 3 N–H and O–H groups in total. The lowest BCUT2D eigenvalue weighted by Gasteiger charge is -2.20. The zero-order valence-corrected chi connectivity index (χ0v) is 8.91. The van der Waals surface area contributed by atoms with Crippen molar-refractivity contribution >= 4 is 12.0 Å². The van der Waals surface area contributed by atoms with Crippen molar-refractivity contribution in [1.29, 1.82) is 0 Å². The molecule has 1 atom stereocenters. The van der Waals surface area contributed by atoms with Gasteiger partial charge in [-0.1, -0.05) is 19.8 Å². The molecular formula is C10H16N2O3. The van der Waals surface area contributed by atoms with Crippen LogP contribution in [-0.2, 0) is 4.79 Å². The first kappa shape index (κ1) is 13.3. The van der Waals surface area contributed by atoms with Crippen LogP contribution in [0.3, 0.4) is 0 Å². The summed E-state index contributed by atoms with van der Waals surface area (Å²) in [5.41, 5.74) is 0. The van der Waals surface area contributed by atoms with Gasteiger partial charge in [0.25, 0.3) is 0 Å². The molecular weight excluding hydrogens is 196 g/mol. The fourth-order valence-electron chi connectivity index (χ4n) is 0.992. The maximum absolute atomic E-state index is 11.2. The highest BCUT2D eigenvalue weighted by Crippen LogP contribution is 2.05. The summed E-state index contributed by atoms with van der Waals surface area (Å²) in [6.45, 7) is 3.81. The van der Waals surface area contributed by atoms with Gasteiger partial charge in [0.1, 0.15) is 0 Å². The van der Waals surface area contributed by atoms with E-state index < -0.39 is 12.0 Å². The fraction of sp³-hybridized carbons (Fsp3) is 0.600. The molecule has 0 aliphatic rings. The molecule has 0 radical (unpaired) electrons. The van der Waals surface area contributed by atoms with Gasteiger partial charge in [-0.2, -0.15) is 0 Å². The molecule has 0 spiro atoms. The molecule has 0 aromatic heterocycles. The standard InChI is InChI=1S/C10H16N2O3/c1-4-5-11-10(15)12-8(7(2)3)6-9(13)14/h1,7-8H,5-6H2,2-3H3,(H,13,14)(H2,11,12,15). The van der Waals surface area contributed by atoms with Crippen molar-refractivity contribution < 1.29 is 14.7 Å². The maximum Gasteiger partial charge on any atom is 0.315 e. The summed E-state index contributed by atoms with van der Waals surface area (Å²) in [6, 6.07) is -0.826. The molecule has 0 heterocycles. The third-order valence-corrected chi connectivity index (χ3v) is 1.87. The van der Waals surface area contributed by atoms with Crippen molar-refractivity contribution in [3.8, 4) is 12.3 Å². The van der Waals surface area contributed by atoms with Gasteiger partial charge in [0.05, 0.1) is 13.0 Å². The van der Waals surface area contributed by atoms with Crippen molar-refractivity contribution in [3.05, 3.63) is 0 Å². The Bertz CT molecular complexity index is 268. The molecule has 84 valence electrons. The van der Waals surface area contributed by atoms with Gasteiger partial charge in [0.15, 0.2) is 0 Å². The van der Waals surface area contributed by atoms with Crippen LogP contribution >= 0.6 is 0 Å². The third-order valence-electron chi connectivity index (χ3n) is 1.87. The van der Waals surface area contributed by atoms with E-state index in [9.17, 15) is 9.59 Å². The lowest BCUT2D eigenvalue weighted by molar-refractivity contribution is -0.137. The molecule has 1 unspecified atom stereocenters. The summed E-state index contributed by atoms with van der Waals surface area (Å²) in [4.78, 5) is 21.7. The summed E-state index contributed by atoms with van der Waals surface area (Å²) < 4.78 is 0. The molecule has 2 amide bonds. The number of carboxylic acid groups (broad SMARTS) is 1. The first-order valence-electron chi connectivity index (χ1n) is 4.67. The Morgan fingerprint density at radius 1 is 1.47 bits per heavy atom. The summed E-state index contributed by atoms with van der Waals surface area (Å²) in [5, 5.41) is 13.6. The predicted molar refractivity (Wildman–Crippen MR) is 56.2 cm³/mol. The zero-order chi connectivity index (χ0) is 11.8. The van der Waals surface area contributed by atoms with Gasteiger partial charge in [-0.25, -0.2) is 4.79 Å². The van der Waals surface area contributed by atoms with Gasteiger partial charge >= 0.3 is 12.0 Å².